The Morgan fingerprint density at radius 1 is 1.02 bits per heavy atom. The first-order valence-electron chi connectivity index (χ1n) is 17.7. The van der Waals surface area contributed by atoms with Crippen molar-refractivity contribution in [2.45, 2.75) is 89.1 Å². The van der Waals surface area contributed by atoms with Gasteiger partial charge in [0.2, 0.25) is 0 Å². The number of rotatable bonds is 8. The first kappa shape index (κ1) is 38.9. The van der Waals surface area contributed by atoms with Gasteiger partial charge >= 0.3 is 6.15 Å². The summed E-state index contributed by atoms with van der Waals surface area (Å²) >= 11 is 3.47. The lowest BCUT2D eigenvalue weighted by Gasteiger charge is -2.40. The molecule has 3 fully saturated rings. The highest BCUT2D eigenvalue weighted by Crippen LogP contribution is 2.48. The number of aliphatic hydroxyl groups excluding tert-OH is 1. The van der Waals surface area contributed by atoms with E-state index in [-0.39, 0.29) is 37.5 Å². The van der Waals surface area contributed by atoms with Crippen molar-refractivity contribution in [1.82, 2.24) is 24.1 Å². The highest BCUT2D eigenvalue weighted by molar-refractivity contribution is 9.10. The first-order valence-corrected chi connectivity index (χ1v) is 18.5. The third-order valence-electron chi connectivity index (χ3n) is 10.8. The number of aryl methyl sites for hydroxylation is 2. The van der Waals surface area contributed by atoms with E-state index in [0.717, 1.165) is 88.2 Å². The molecular formula is C41H48BrN5O5. The molecule has 11 heteroatoms. The average molecular weight is 771 g/mol. The van der Waals surface area contributed by atoms with Gasteiger partial charge in [-0.1, -0.05) is 57.5 Å². The number of carbonyl (C=O) groups excluding carboxylic acids is 3. The largest absolute Gasteiger partial charge is 0.394 e. The van der Waals surface area contributed by atoms with Crippen molar-refractivity contribution in [3.05, 3.63) is 82.4 Å². The van der Waals surface area contributed by atoms with E-state index in [1.807, 2.05) is 30.6 Å². The fraction of sp³-hybridized carbons (Fsp3) is 0.439. The maximum Gasteiger partial charge on any atom is 0.373 e. The van der Waals surface area contributed by atoms with E-state index in [1.165, 1.54) is 36.6 Å². The fourth-order valence-electron chi connectivity index (χ4n) is 8.06. The van der Waals surface area contributed by atoms with Crippen LogP contribution in [-0.2, 0) is 33.8 Å². The zero-order valence-electron chi connectivity index (χ0n) is 29.2. The summed E-state index contributed by atoms with van der Waals surface area (Å²) in [5, 5.41) is 9.65. The number of carbonyl (C=O) groups is 1. The minimum atomic E-state index is -0.228. The van der Waals surface area contributed by atoms with E-state index in [4.69, 9.17) is 24.4 Å². The second kappa shape index (κ2) is 17.0. The van der Waals surface area contributed by atoms with Crippen molar-refractivity contribution in [2.75, 3.05) is 13.2 Å². The maximum absolute atomic E-state index is 14.0. The molecule has 0 spiro atoms. The monoisotopic (exact) mass is 769 g/mol. The van der Waals surface area contributed by atoms with Crippen LogP contribution in [0.3, 0.4) is 0 Å². The van der Waals surface area contributed by atoms with Gasteiger partial charge in [0.25, 0.3) is 0 Å². The van der Waals surface area contributed by atoms with Crippen LogP contribution in [0.25, 0.3) is 39.5 Å². The van der Waals surface area contributed by atoms with Crippen LogP contribution in [0.5, 0.6) is 0 Å². The van der Waals surface area contributed by atoms with Crippen molar-refractivity contribution >= 4 is 55.9 Å². The van der Waals surface area contributed by atoms with Crippen LogP contribution in [0, 0.1) is 0 Å². The second-order valence-corrected chi connectivity index (χ2v) is 14.8. The molecule has 3 aliphatic rings. The van der Waals surface area contributed by atoms with E-state index in [1.54, 1.807) is 0 Å². The molecule has 2 saturated carbocycles. The molecule has 274 valence electrons. The number of hydrogen-bond acceptors (Lipinski definition) is 8. The number of imidazole rings is 1. The van der Waals surface area contributed by atoms with Crippen LogP contribution < -0.4 is 0 Å². The zero-order chi connectivity index (χ0) is 36.1. The summed E-state index contributed by atoms with van der Waals surface area (Å²) in [5.41, 5.74) is 7.14. The number of aromatic nitrogens is 5. The Hall–Kier alpha value is -4.28. The quantitative estimate of drug-likeness (QED) is 0.156. The van der Waals surface area contributed by atoms with E-state index in [2.05, 4.69) is 80.0 Å². The normalized spacial score (nSPS) is 17.7. The van der Waals surface area contributed by atoms with Crippen LogP contribution in [0.4, 0.5) is 0 Å². The maximum atomic E-state index is 14.0. The fourth-order valence-corrected chi connectivity index (χ4v) is 8.27. The average Bonchev–Trinajstić information content (AvgIpc) is 3.95. The summed E-state index contributed by atoms with van der Waals surface area (Å²) in [7, 11) is 4.16. The van der Waals surface area contributed by atoms with Gasteiger partial charge in [-0.05, 0) is 89.7 Å². The number of aliphatic hydroxyl groups is 1. The lowest BCUT2D eigenvalue weighted by Crippen LogP contribution is -2.39. The number of hydrogen-bond donors (Lipinski definition) is 1. The highest BCUT2D eigenvalue weighted by Gasteiger charge is 2.44. The third kappa shape index (κ3) is 7.74. The minimum Gasteiger partial charge on any atom is -0.394 e. The molecule has 0 bridgehead atoms. The van der Waals surface area contributed by atoms with Gasteiger partial charge in [0, 0.05) is 61.4 Å². The minimum absolute atomic E-state index is 0. The van der Waals surface area contributed by atoms with Gasteiger partial charge in [0.15, 0.2) is 11.6 Å². The van der Waals surface area contributed by atoms with Gasteiger partial charge in [0.05, 0.1) is 33.9 Å². The molecular weight excluding hydrogens is 722 g/mol. The Kier molecular flexibility index (Phi) is 12.8. The third-order valence-corrected chi connectivity index (χ3v) is 11.2. The summed E-state index contributed by atoms with van der Waals surface area (Å²) in [6.07, 6.45) is 16.4. The summed E-state index contributed by atoms with van der Waals surface area (Å²) in [6.45, 7) is 4.95. The standard InChI is InChI=1S/C34H34BrN5O.C5H10O2.CO2.CH4/c1-4-21-10-13-26-28(16-21)40(3)33(38-26)34(14-7-15-34)18-29(41)23-11-12-25-27(17-23)39(2)31(30(25)22-8-5-6-9-22)32-36-19-24(35)20-37-32;6-4-5-2-1-3-7-5;2-1-3;/h4,10-13,16-17,19-20,22H,1,5-9,14-15,18H2,2-3H3;5-6H,1-4H2;;1H4. The van der Waals surface area contributed by atoms with E-state index >= 15 is 0 Å². The number of ketones is 1. The summed E-state index contributed by atoms with van der Waals surface area (Å²) in [4.78, 5) is 44.6. The highest BCUT2D eigenvalue weighted by atomic mass is 79.9. The van der Waals surface area contributed by atoms with Crippen LogP contribution >= 0.6 is 15.9 Å². The van der Waals surface area contributed by atoms with Gasteiger partial charge in [-0.15, -0.1) is 0 Å². The number of fused-ring (bicyclic) bond motifs is 2. The molecule has 8 rings (SSSR count). The molecule has 1 N–H and O–H groups in total. The molecule has 1 atom stereocenters. The van der Waals surface area contributed by atoms with Crippen molar-refractivity contribution < 1.29 is 24.2 Å². The Morgan fingerprint density at radius 3 is 2.31 bits per heavy atom. The zero-order valence-corrected chi connectivity index (χ0v) is 30.8. The molecule has 10 nitrogen and oxygen atoms in total. The number of ether oxygens (including phenoxy) is 1. The Labute approximate surface area is 313 Å². The molecule has 52 heavy (non-hydrogen) atoms. The van der Waals surface area contributed by atoms with Crippen LogP contribution in [0.2, 0.25) is 0 Å². The van der Waals surface area contributed by atoms with Crippen LogP contribution in [0.1, 0.15) is 105 Å². The second-order valence-electron chi connectivity index (χ2n) is 13.8. The summed E-state index contributed by atoms with van der Waals surface area (Å²) in [6, 6.07) is 12.5. The SMILES string of the molecule is C.C=Cc1ccc2nc(C3(CC(=O)c4ccc5c(C6CCCC6)c(-c6ncc(Br)cn6)n(C)c5c4)CCC3)n(C)c2c1.O=C=O.OCC1CCCO1. The first-order chi connectivity index (χ1) is 24.7. The Balaban J connectivity index is 0.000000417. The topological polar surface area (TPSA) is 129 Å². The van der Waals surface area contributed by atoms with Crippen molar-refractivity contribution in [2.24, 2.45) is 14.1 Å². The number of benzene rings is 2. The molecule has 0 amide bonds. The van der Waals surface area contributed by atoms with Crippen molar-refractivity contribution in [3.63, 3.8) is 0 Å². The van der Waals surface area contributed by atoms with E-state index in [9.17, 15) is 4.79 Å². The molecule has 1 saturated heterocycles. The van der Waals surface area contributed by atoms with E-state index < -0.39 is 0 Å². The molecule has 0 radical (unpaired) electrons. The van der Waals surface area contributed by atoms with Gasteiger partial charge in [-0.25, -0.2) is 15.0 Å². The molecule has 1 aliphatic heterocycles. The Bertz CT molecular complexity index is 2060. The van der Waals surface area contributed by atoms with Crippen LogP contribution in [-0.4, -0.2) is 60.4 Å². The Morgan fingerprint density at radius 2 is 1.73 bits per heavy atom. The summed E-state index contributed by atoms with van der Waals surface area (Å²) < 4.78 is 10.3. The van der Waals surface area contributed by atoms with Crippen molar-refractivity contribution in [3.8, 4) is 11.5 Å². The van der Waals surface area contributed by atoms with Gasteiger partial charge < -0.3 is 19.0 Å². The molecule has 3 aromatic heterocycles. The predicted molar refractivity (Wildman–Crippen MR) is 206 cm³/mol. The molecule has 5 aromatic rings. The predicted octanol–water partition coefficient (Wildman–Crippen LogP) is 8.49. The van der Waals surface area contributed by atoms with E-state index in [0.29, 0.717) is 12.3 Å². The lowest BCUT2D eigenvalue weighted by molar-refractivity contribution is -0.191. The molecule has 2 aliphatic carbocycles. The van der Waals surface area contributed by atoms with Crippen LogP contribution in [0.15, 0.2) is 59.8 Å². The van der Waals surface area contributed by atoms with Gasteiger partial charge in [-0.2, -0.15) is 9.59 Å². The molecule has 4 heterocycles. The van der Waals surface area contributed by atoms with Gasteiger partial charge in [0.1, 0.15) is 5.82 Å². The number of halogens is 1. The number of nitrogens with zero attached hydrogens (tertiary/aromatic N) is 5. The smallest absolute Gasteiger partial charge is 0.373 e. The molecule has 2 aromatic carbocycles. The number of Topliss-reactive ketones (excluding diaryl/α,β-unsaturated/α-hetero) is 1. The lowest BCUT2D eigenvalue weighted by atomic mass is 9.64. The summed E-state index contributed by atoms with van der Waals surface area (Å²) in [5.74, 6) is 2.42. The van der Waals surface area contributed by atoms with Crippen molar-refractivity contribution in [1.29, 1.82) is 0 Å². The molecule has 1 unspecified atom stereocenters. The van der Waals surface area contributed by atoms with Gasteiger partial charge in [-0.3, -0.25) is 4.79 Å².